The fourth-order valence-electron chi connectivity index (χ4n) is 2.08. The highest BCUT2D eigenvalue weighted by atomic mass is 16.6. The summed E-state index contributed by atoms with van der Waals surface area (Å²) in [6, 6.07) is 5.76. The van der Waals surface area contributed by atoms with E-state index in [-0.39, 0.29) is 17.2 Å². The number of nitrogens with one attached hydrogen (secondary N) is 3. The van der Waals surface area contributed by atoms with Crippen molar-refractivity contribution in [1.82, 2.24) is 9.97 Å². The Hall–Kier alpha value is -3.54. The molecule has 12 heteroatoms. The van der Waals surface area contributed by atoms with Crippen LogP contribution in [0, 0.1) is 20.2 Å². The van der Waals surface area contributed by atoms with Gasteiger partial charge in [-0.1, -0.05) is 0 Å². The quantitative estimate of drug-likeness (QED) is 0.300. The lowest BCUT2D eigenvalue weighted by atomic mass is 10.3. The summed E-state index contributed by atoms with van der Waals surface area (Å²) in [5.41, 5.74) is -0.202. The van der Waals surface area contributed by atoms with Gasteiger partial charge in [-0.2, -0.15) is 0 Å². The summed E-state index contributed by atoms with van der Waals surface area (Å²) < 4.78 is 4.91. The van der Waals surface area contributed by atoms with Crippen LogP contribution in [0.1, 0.15) is 0 Å². The number of pyridine rings is 2. The van der Waals surface area contributed by atoms with E-state index in [0.29, 0.717) is 37.9 Å². The van der Waals surface area contributed by atoms with Gasteiger partial charge in [0.2, 0.25) is 5.82 Å². The molecule has 27 heavy (non-hydrogen) atoms. The van der Waals surface area contributed by atoms with Gasteiger partial charge in [-0.25, -0.2) is 9.97 Å². The number of hydrogen-bond acceptors (Lipinski definition) is 10. The zero-order valence-corrected chi connectivity index (χ0v) is 14.5. The van der Waals surface area contributed by atoms with E-state index in [4.69, 9.17) is 4.74 Å². The zero-order valence-electron chi connectivity index (χ0n) is 14.5. The lowest BCUT2D eigenvalue weighted by molar-refractivity contribution is -0.385. The average Bonchev–Trinajstić information content (AvgIpc) is 2.66. The zero-order chi connectivity index (χ0) is 19.6. The number of anilines is 3. The highest BCUT2D eigenvalue weighted by molar-refractivity contribution is 5.60. The largest absolute Gasteiger partial charge is 0.383 e. The molecule has 0 unspecified atom stereocenters. The van der Waals surface area contributed by atoms with E-state index in [1.165, 1.54) is 37.6 Å². The van der Waals surface area contributed by atoms with Gasteiger partial charge in [0.1, 0.15) is 17.8 Å². The minimum atomic E-state index is -0.517. The van der Waals surface area contributed by atoms with Gasteiger partial charge in [0.05, 0.1) is 16.5 Å². The third-order valence-corrected chi connectivity index (χ3v) is 3.37. The molecule has 0 saturated carbocycles. The van der Waals surface area contributed by atoms with E-state index in [9.17, 15) is 20.2 Å². The monoisotopic (exact) mass is 377 g/mol. The molecule has 0 amide bonds. The SMILES string of the molecule is COCCNc1nc(NCCNc2ccc([N+](=O)[O-])cn2)ccc1[N+](=O)[O-]. The highest BCUT2D eigenvalue weighted by Gasteiger charge is 2.15. The first-order valence-corrected chi connectivity index (χ1v) is 7.97. The molecule has 0 aliphatic heterocycles. The van der Waals surface area contributed by atoms with Crippen molar-refractivity contribution in [3.8, 4) is 0 Å². The first-order valence-electron chi connectivity index (χ1n) is 7.97. The predicted molar refractivity (Wildman–Crippen MR) is 99.1 cm³/mol. The number of hydrogen-bond donors (Lipinski definition) is 3. The molecule has 0 spiro atoms. The molecule has 2 rings (SSSR count). The highest BCUT2D eigenvalue weighted by Crippen LogP contribution is 2.23. The van der Waals surface area contributed by atoms with Crippen LogP contribution in [0.2, 0.25) is 0 Å². The van der Waals surface area contributed by atoms with Crippen molar-refractivity contribution in [3.63, 3.8) is 0 Å². The van der Waals surface area contributed by atoms with Gasteiger partial charge in [-0.05, 0) is 12.1 Å². The Kier molecular flexibility index (Phi) is 7.19. The Labute approximate surface area is 154 Å². The molecule has 0 aromatic carbocycles. The minimum Gasteiger partial charge on any atom is -0.383 e. The first-order chi connectivity index (χ1) is 13.0. The molecule has 2 heterocycles. The third-order valence-electron chi connectivity index (χ3n) is 3.37. The topological polar surface area (TPSA) is 157 Å². The van der Waals surface area contributed by atoms with Crippen LogP contribution in [-0.2, 0) is 4.74 Å². The van der Waals surface area contributed by atoms with Gasteiger partial charge in [-0.15, -0.1) is 0 Å². The number of nitro groups is 2. The molecule has 0 atom stereocenters. The summed E-state index contributed by atoms with van der Waals surface area (Å²) in [4.78, 5) is 28.8. The van der Waals surface area contributed by atoms with Crippen LogP contribution in [0.15, 0.2) is 30.5 Å². The van der Waals surface area contributed by atoms with Crippen molar-refractivity contribution in [2.75, 3.05) is 49.3 Å². The normalized spacial score (nSPS) is 10.3. The van der Waals surface area contributed by atoms with Crippen molar-refractivity contribution < 1.29 is 14.6 Å². The first kappa shape index (κ1) is 19.8. The molecule has 2 aromatic rings. The number of methoxy groups -OCH3 is 1. The van der Waals surface area contributed by atoms with Crippen molar-refractivity contribution in [3.05, 3.63) is 50.7 Å². The molecule has 12 nitrogen and oxygen atoms in total. The van der Waals surface area contributed by atoms with E-state index in [0.717, 1.165) is 0 Å². The van der Waals surface area contributed by atoms with Crippen molar-refractivity contribution >= 4 is 28.8 Å². The Balaban J connectivity index is 1.88. The molecule has 0 aliphatic carbocycles. The third kappa shape index (κ3) is 6.04. The summed E-state index contributed by atoms with van der Waals surface area (Å²) in [6.45, 7) is 1.71. The van der Waals surface area contributed by atoms with E-state index in [1.54, 1.807) is 0 Å². The molecular formula is C15H19N7O5. The van der Waals surface area contributed by atoms with E-state index < -0.39 is 9.85 Å². The average molecular weight is 377 g/mol. The van der Waals surface area contributed by atoms with E-state index in [2.05, 4.69) is 25.9 Å². The van der Waals surface area contributed by atoms with Crippen molar-refractivity contribution in [2.24, 2.45) is 0 Å². The van der Waals surface area contributed by atoms with Crippen LogP contribution in [0.4, 0.5) is 28.8 Å². The summed E-state index contributed by atoms with van der Waals surface area (Å²) >= 11 is 0. The standard InChI is InChI=1S/C15H19N7O5/c1-27-9-8-18-15-12(22(25)26)3-5-14(20-15)17-7-6-16-13-4-2-11(10-19-13)21(23)24/h2-5,10H,6-9H2,1H3,(H,16,19)(H2,17,18,20). The van der Waals surface area contributed by atoms with Crippen LogP contribution in [0.3, 0.4) is 0 Å². The Morgan fingerprint density at radius 3 is 2.26 bits per heavy atom. The molecule has 144 valence electrons. The fraction of sp³-hybridized carbons (Fsp3) is 0.333. The van der Waals surface area contributed by atoms with Gasteiger partial charge in [-0.3, -0.25) is 20.2 Å². The molecular weight excluding hydrogens is 358 g/mol. The number of rotatable bonds is 11. The molecule has 0 fully saturated rings. The summed E-state index contributed by atoms with van der Waals surface area (Å²) in [7, 11) is 1.54. The molecule has 2 aromatic heterocycles. The van der Waals surface area contributed by atoms with Crippen LogP contribution in [0.25, 0.3) is 0 Å². The van der Waals surface area contributed by atoms with E-state index >= 15 is 0 Å². The van der Waals surface area contributed by atoms with Crippen molar-refractivity contribution in [2.45, 2.75) is 0 Å². The molecule has 3 N–H and O–H groups in total. The Morgan fingerprint density at radius 2 is 1.67 bits per heavy atom. The Bertz CT molecular complexity index is 785. The van der Waals surface area contributed by atoms with Gasteiger partial charge in [0, 0.05) is 38.9 Å². The predicted octanol–water partition coefficient (Wildman–Crippen LogP) is 1.88. The van der Waals surface area contributed by atoms with Crippen LogP contribution in [0.5, 0.6) is 0 Å². The molecule has 0 bridgehead atoms. The van der Waals surface area contributed by atoms with Gasteiger partial charge >= 0.3 is 5.69 Å². The second-order valence-corrected chi connectivity index (χ2v) is 5.25. The minimum absolute atomic E-state index is 0.0812. The van der Waals surface area contributed by atoms with Crippen LogP contribution in [-0.4, -0.2) is 53.2 Å². The molecule has 0 saturated heterocycles. The second-order valence-electron chi connectivity index (χ2n) is 5.25. The van der Waals surface area contributed by atoms with Crippen LogP contribution < -0.4 is 16.0 Å². The van der Waals surface area contributed by atoms with Crippen molar-refractivity contribution in [1.29, 1.82) is 0 Å². The second kappa shape index (κ2) is 9.82. The van der Waals surface area contributed by atoms with Crippen LogP contribution >= 0.6 is 0 Å². The van der Waals surface area contributed by atoms with E-state index in [1.807, 2.05) is 0 Å². The lowest BCUT2D eigenvalue weighted by Crippen LogP contribution is -2.16. The lowest BCUT2D eigenvalue weighted by Gasteiger charge is -2.10. The maximum absolute atomic E-state index is 11.1. The van der Waals surface area contributed by atoms with Gasteiger partial charge in [0.15, 0.2) is 0 Å². The smallest absolute Gasteiger partial charge is 0.311 e. The summed E-state index contributed by atoms with van der Waals surface area (Å²) in [5.74, 6) is 1.13. The number of ether oxygens (including phenoxy) is 1. The fourth-order valence-corrected chi connectivity index (χ4v) is 2.08. The van der Waals surface area contributed by atoms with Gasteiger partial charge in [0.25, 0.3) is 5.69 Å². The van der Waals surface area contributed by atoms with Gasteiger partial charge < -0.3 is 20.7 Å². The molecule has 0 aliphatic rings. The number of nitrogens with zero attached hydrogens (tertiary/aromatic N) is 4. The summed E-state index contributed by atoms with van der Waals surface area (Å²) in [6.07, 6.45) is 1.17. The maximum Gasteiger partial charge on any atom is 0.311 e. The molecule has 0 radical (unpaired) electrons. The summed E-state index contributed by atoms with van der Waals surface area (Å²) in [5, 5.41) is 30.6. The number of aromatic nitrogens is 2. The Morgan fingerprint density at radius 1 is 0.963 bits per heavy atom. The maximum atomic E-state index is 11.1.